The third-order valence-corrected chi connectivity index (χ3v) is 4.39. The second kappa shape index (κ2) is 6.64. The van der Waals surface area contributed by atoms with Gasteiger partial charge in [-0.3, -0.25) is 14.9 Å². The van der Waals surface area contributed by atoms with Crippen molar-refractivity contribution in [2.45, 2.75) is 25.2 Å². The lowest BCUT2D eigenvalue weighted by atomic mass is 10.1. The Morgan fingerprint density at radius 2 is 2.10 bits per heavy atom. The Morgan fingerprint density at radius 3 is 2.57 bits per heavy atom. The molecule has 1 rings (SSSR count). The summed E-state index contributed by atoms with van der Waals surface area (Å²) in [6.07, 6.45) is -0.151. The Bertz CT molecular complexity index is 656. The van der Waals surface area contributed by atoms with E-state index in [-0.39, 0.29) is 35.0 Å². The predicted molar refractivity (Wildman–Crippen MR) is 74.4 cm³/mol. The van der Waals surface area contributed by atoms with Gasteiger partial charge in [0.15, 0.2) is 0 Å². The monoisotopic (exact) mass is 316 g/mol. The first-order chi connectivity index (χ1) is 9.63. The number of hydrogen-bond donors (Lipinski definition) is 2. The summed E-state index contributed by atoms with van der Waals surface area (Å²) in [5.74, 6) is -1.37. The highest BCUT2D eigenvalue weighted by Gasteiger charge is 2.20. The highest BCUT2D eigenvalue weighted by molar-refractivity contribution is 7.89. The molecule has 0 bridgehead atoms. The van der Waals surface area contributed by atoms with Gasteiger partial charge >= 0.3 is 5.97 Å². The maximum Gasteiger partial charge on any atom is 0.303 e. The Balaban J connectivity index is 2.88. The fourth-order valence-electron chi connectivity index (χ4n) is 1.75. The number of carboxylic acids is 1. The van der Waals surface area contributed by atoms with Crippen LogP contribution in [0.15, 0.2) is 23.1 Å². The number of hydrogen-bond acceptors (Lipinski definition) is 5. The summed E-state index contributed by atoms with van der Waals surface area (Å²) in [4.78, 5) is 20.5. The number of nitrogens with one attached hydrogen (secondary N) is 1. The van der Waals surface area contributed by atoms with Gasteiger partial charge in [0.2, 0.25) is 10.0 Å². The molecule has 0 aliphatic rings. The van der Waals surface area contributed by atoms with E-state index in [0.29, 0.717) is 0 Å². The zero-order valence-corrected chi connectivity index (χ0v) is 12.4. The van der Waals surface area contributed by atoms with Crippen molar-refractivity contribution in [2.24, 2.45) is 5.92 Å². The Kier molecular flexibility index (Phi) is 5.39. The Hall–Kier alpha value is -2.00. The lowest BCUT2D eigenvalue weighted by Crippen LogP contribution is -2.29. The molecule has 0 aliphatic carbocycles. The van der Waals surface area contributed by atoms with E-state index < -0.39 is 20.9 Å². The van der Waals surface area contributed by atoms with Crippen LogP contribution in [0.4, 0.5) is 5.69 Å². The van der Waals surface area contributed by atoms with E-state index in [9.17, 15) is 23.3 Å². The molecule has 0 saturated heterocycles. The molecule has 0 radical (unpaired) electrons. The van der Waals surface area contributed by atoms with Crippen LogP contribution in [0.25, 0.3) is 0 Å². The number of aliphatic carboxylic acids is 1. The number of nitro benzene ring substituents is 1. The highest BCUT2D eigenvalue weighted by atomic mass is 32.2. The molecule has 116 valence electrons. The van der Waals surface area contributed by atoms with Crippen molar-refractivity contribution >= 4 is 21.7 Å². The van der Waals surface area contributed by atoms with Crippen molar-refractivity contribution in [1.82, 2.24) is 4.72 Å². The van der Waals surface area contributed by atoms with Gasteiger partial charge in [-0.1, -0.05) is 6.92 Å². The quantitative estimate of drug-likeness (QED) is 0.576. The van der Waals surface area contributed by atoms with Crippen molar-refractivity contribution in [1.29, 1.82) is 0 Å². The van der Waals surface area contributed by atoms with Crippen LogP contribution in [-0.2, 0) is 14.8 Å². The van der Waals surface area contributed by atoms with Crippen LogP contribution in [0, 0.1) is 23.0 Å². The van der Waals surface area contributed by atoms with Gasteiger partial charge in [0, 0.05) is 25.1 Å². The number of sulfonamides is 1. The van der Waals surface area contributed by atoms with Gasteiger partial charge in [0.1, 0.15) is 0 Å². The lowest BCUT2D eigenvalue weighted by molar-refractivity contribution is -0.385. The van der Waals surface area contributed by atoms with E-state index in [2.05, 4.69) is 4.72 Å². The summed E-state index contributed by atoms with van der Waals surface area (Å²) < 4.78 is 26.5. The van der Waals surface area contributed by atoms with Crippen LogP contribution in [0.1, 0.15) is 18.9 Å². The van der Waals surface area contributed by atoms with Crippen LogP contribution < -0.4 is 4.72 Å². The smallest absolute Gasteiger partial charge is 0.303 e. The highest BCUT2D eigenvalue weighted by Crippen LogP contribution is 2.21. The second-order valence-corrected chi connectivity index (χ2v) is 6.50. The summed E-state index contributed by atoms with van der Waals surface area (Å²) in [5, 5.41) is 19.2. The zero-order valence-electron chi connectivity index (χ0n) is 11.6. The summed E-state index contributed by atoms with van der Waals surface area (Å²) in [6, 6.07) is 3.45. The zero-order chi connectivity index (χ0) is 16.2. The first-order valence-corrected chi connectivity index (χ1v) is 7.58. The second-order valence-electron chi connectivity index (χ2n) is 4.76. The average molecular weight is 316 g/mol. The van der Waals surface area contributed by atoms with Crippen LogP contribution in [-0.4, -0.2) is 31.0 Å². The molecule has 1 atom stereocenters. The van der Waals surface area contributed by atoms with Gasteiger partial charge in [0.05, 0.1) is 9.82 Å². The summed E-state index contributed by atoms with van der Waals surface area (Å²) in [7, 11) is -3.83. The van der Waals surface area contributed by atoms with Gasteiger partial charge in [-0.2, -0.15) is 0 Å². The Labute approximate surface area is 122 Å². The number of rotatable bonds is 7. The average Bonchev–Trinajstić information content (AvgIpc) is 2.35. The lowest BCUT2D eigenvalue weighted by Gasteiger charge is -2.12. The molecule has 1 unspecified atom stereocenters. The molecular weight excluding hydrogens is 300 g/mol. The van der Waals surface area contributed by atoms with E-state index in [1.807, 2.05) is 0 Å². The van der Waals surface area contributed by atoms with Gasteiger partial charge in [-0.25, -0.2) is 13.1 Å². The molecule has 0 saturated carbocycles. The fraction of sp³-hybridized carbons (Fsp3) is 0.417. The SMILES string of the molecule is Cc1cc([N+](=O)[O-])ccc1S(=O)(=O)NCC(C)CC(=O)O. The number of benzene rings is 1. The third kappa shape index (κ3) is 4.80. The molecule has 0 aromatic heterocycles. The minimum Gasteiger partial charge on any atom is -0.481 e. The summed E-state index contributed by atoms with van der Waals surface area (Å²) in [5.41, 5.74) is 0.0632. The molecule has 8 nitrogen and oxygen atoms in total. The van der Waals surface area contributed by atoms with Crippen molar-refractivity contribution < 1.29 is 23.2 Å². The molecule has 1 aromatic carbocycles. The van der Waals surface area contributed by atoms with Gasteiger partial charge < -0.3 is 5.11 Å². The molecule has 0 heterocycles. The van der Waals surface area contributed by atoms with Crippen LogP contribution in [0.2, 0.25) is 0 Å². The fourth-order valence-corrected chi connectivity index (χ4v) is 3.14. The number of carbonyl (C=O) groups is 1. The molecule has 2 N–H and O–H groups in total. The van der Waals surface area contributed by atoms with Crippen molar-refractivity contribution in [3.8, 4) is 0 Å². The minimum absolute atomic E-state index is 0.0228. The van der Waals surface area contributed by atoms with E-state index in [4.69, 9.17) is 5.11 Å². The molecule has 0 amide bonds. The standard InChI is InChI=1S/C12H16N2O6S/c1-8(5-12(15)16)7-13-21(19,20)11-4-3-10(14(17)18)6-9(11)2/h3-4,6,8,13H,5,7H2,1-2H3,(H,15,16). The number of nitro groups is 1. The maximum absolute atomic E-state index is 12.1. The number of carboxylic acid groups (broad SMARTS) is 1. The van der Waals surface area contributed by atoms with Gasteiger partial charge in [0.25, 0.3) is 5.69 Å². The molecular formula is C12H16N2O6S. The molecule has 21 heavy (non-hydrogen) atoms. The van der Waals surface area contributed by atoms with Crippen LogP contribution in [0.3, 0.4) is 0 Å². The summed E-state index contributed by atoms with van der Waals surface area (Å²) >= 11 is 0. The van der Waals surface area contributed by atoms with E-state index in [0.717, 1.165) is 12.1 Å². The van der Waals surface area contributed by atoms with E-state index in [1.54, 1.807) is 6.92 Å². The maximum atomic E-state index is 12.1. The number of nitrogens with zero attached hydrogens (tertiary/aromatic N) is 1. The van der Waals surface area contributed by atoms with Gasteiger partial charge in [-0.05, 0) is 24.5 Å². The van der Waals surface area contributed by atoms with Crippen LogP contribution >= 0.6 is 0 Å². The van der Waals surface area contributed by atoms with Gasteiger partial charge in [-0.15, -0.1) is 0 Å². The molecule has 1 aromatic rings. The van der Waals surface area contributed by atoms with E-state index >= 15 is 0 Å². The first-order valence-electron chi connectivity index (χ1n) is 6.10. The third-order valence-electron chi connectivity index (χ3n) is 2.80. The van der Waals surface area contributed by atoms with Crippen molar-refractivity contribution in [3.63, 3.8) is 0 Å². The molecule has 0 spiro atoms. The summed E-state index contributed by atoms with van der Waals surface area (Å²) in [6.45, 7) is 3.05. The van der Waals surface area contributed by atoms with E-state index in [1.165, 1.54) is 13.0 Å². The molecule has 0 fully saturated rings. The largest absolute Gasteiger partial charge is 0.481 e. The Morgan fingerprint density at radius 1 is 1.48 bits per heavy atom. The van der Waals surface area contributed by atoms with Crippen LogP contribution in [0.5, 0.6) is 0 Å². The number of aryl methyl sites for hydroxylation is 1. The minimum atomic E-state index is -3.83. The van der Waals surface area contributed by atoms with Crippen molar-refractivity contribution in [3.05, 3.63) is 33.9 Å². The molecule has 0 aliphatic heterocycles. The predicted octanol–water partition coefficient (Wildman–Crippen LogP) is 1.29. The number of non-ortho nitro benzene ring substituents is 1. The molecule has 9 heteroatoms. The van der Waals surface area contributed by atoms with Crippen molar-refractivity contribution in [2.75, 3.05) is 6.54 Å². The normalized spacial score (nSPS) is 12.9. The topological polar surface area (TPSA) is 127 Å². The first kappa shape index (κ1) is 17.1.